The number of rotatable bonds is 10. The third-order valence-corrected chi connectivity index (χ3v) is 7.41. The molecule has 0 atom stereocenters. The Labute approximate surface area is 187 Å². The van der Waals surface area contributed by atoms with Crippen molar-refractivity contribution >= 4 is 33.4 Å². The van der Waals surface area contributed by atoms with Gasteiger partial charge >= 0.3 is 6.09 Å². The standard InChI is InChI=1S/C21H30N2O6S2/c1-6-7-10-28-21(25)22-31(26,27)20-18(12-17(30-20)11-14(2)3)19-9-8-16(29-19)13-23(5)15(4)24/h8-9,12,14H,6-7,10-11,13H2,1-5H3,(H,22,25). The number of carbonyl (C=O) groups excluding carboxylic acids is 2. The lowest BCUT2D eigenvalue weighted by Gasteiger charge is -2.12. The molecule has 8 nitrogen and oxygen atoms in total. The summed E-state index contributed by atoms with van der Waals surface area (Å²) in [6.45, 7) is 7.90. The smallest absolute Gasteiger partial charge is 0.421 e. The van der Waals surface area contributed by atoms with Gasteiger partial charge in [-0.05, 0) is 37.0 Å². The SMILES string of the molecule is CCCCOC(=O)NS(=O)(=O)c1sc(CC(C)C)cc1-c1ccc(CN(C)C(C)=O)o1. The number of ether oxygens (including phenoxy) is 1. The van der Waals surface area contributed by atoms with Gasteiger partial charge in [-0.1, -0.05) is 27.2 Å². The van der Waals surface area contributed by atoms with E-state index in [4.69, 9.17) is 9.15 Å². The predicted molar refractivity (Wildman–Crippen MR) is 119 cm³/mol. The molecule has 0 saturated carbocycles. The van der Waals surface area contributed by atoms with Gasteiger partial charge < -0.3 is 14.1 Å². The van der Waals surface area contributed by atoms with Crippen LogP contribution in [0.1, 0.15) is 51.2 Å². The van der Waals surface area contributed by atoms with Crippen LogP contribution in [0.15, 0.2) is 26.8 Å². The van der Waals surface area contributed by atoms with Crippen molar-refractivity contribution in [1.82, 2.24) is 9.62 Å². The summed E-state index contributed by atoms with van der Waals surface area (Å²) < 4.78 is 38.7. The summed E-state index contributed by atoms with van der Waals surface area (Å²) in [4.78, 5) is 25.8. The molecule has 0 aromatic carbocycles. The third-order valence-electron chi connectivity index (χ3n) is 4.41. The largest absolute Gasteiger partial charge is 0.459 e. The molecule has 2 amide bonds. The summed E-state index contributed by atoms with van der Waals surface area (Å²) >= 11 is 1.11. The normalized spacial score (nSPS) is 11.5. The molecule has 0 radical (unpaired) electrons. The average molecular weight is 471 g/mol. The van der Waals surface area contributed by atoms with Crippen LogP contribution in [0.5, 0.6) is 0 Å². The minimum absolute atomic E-state index is 0.00332. The quantitative estimate of drug-likeness (QED) is 0.516. The van der Waals surface area contributed by atoms with Crippen LogP contribution in [-0.4, -0.2) is 39.0 Å². The number of nitrogens with one attached hydrogen (secondary N) is 1. The van der Waals surface area contributed by atoms with Crippen LogP contribution >= 0.6 is 11.3 Å². The second-order valence-electron chi connectivity index (χ2n) is 7.75. The predicted octanol–water partition coefficient (Wildman–Crippen LogP) is 4.40. The number of hydrogen-bond donors (Lipinski definition) is 1. The number of furan rings is 1. The molecule has 2 heterocycles. The Morgan fingerprint density at radius 2 is 2.00 bits per heavy atom. The van der Waals surface area contributed by atoms with E-state index in [9.17, 15) is 18.0 Å². The van der Waals surface area contributed by atoms with Gasteiger partial charge in [-0.25, -0.2) is 17.9 Å². The zero-order chi connectivity index (χ0) is 23.2. The van der Waals surface area contributed by atoms with Gasteiger partial charge in [-0.3, -0.25) is 4.79 Å². The fourth-order valence-corrected chi connectivity index (χ4v) is 5.55. The number of sulfonamides is 1. The van der Waals surface area contributed by atoms with Gasteiger partial charge in [0.1, 0.15) is 11.5 Å². The maximum absolute atomic E-state index is 12.9. The Morgan fingerprint density at radius 1 is 1.29 bits per heavy atom. The summed E-state index contributed by atoms with van der Waals surface area (Å²) in [7, 11) is -2.50. The first-order valence-electron chi connectivity index (χ1n) is 10.2. The van der Waals surface area contributed by atoms with Crippen LogP contribution in [0.4, 0.5) is 4.79 Å². The van der Waals surface area contributed by atoms with Crippen LogP contribution in [0.3, 0.4) is 0 Å². The van der Waals surface area contributed by atoms with Crippen molar-refractivity contribution in [3.05, 3.63) is 28.8 Å². The fourth-order valence-electron chi connectivity index (χ4n) is 2.75. The van der Waals surface area contributed by atoms with Crippen LogP contribution in [-0.2, 0) is 32.5 Å². The zero-order valence-corrected chi connectivity index (χ0v) is 20.2. The number of amides is 2. The molecule has 0 spiro atoms. The molecular formula is C21H30N2O6S2. The molecule has 172 valence electrons. The van der Waals surface area contributed by atoms with Crippen molar-refractivity contribution < 1.29 is 27.2 Å². The Morgan fingerprint density at radius 3 is 2.61 bits per heavy atom. The molecule has 0 aliphatic heterocycles. The molecule has 2 aromatic rings. The van der Waals surface area contributed by atoms with E-state index in [0.29, 0.717) is 35.8 Å². The summed E-state index contributed by atoms with van der Waals surface area (Å²) in [5.41, 5.74) is 0.381. The van der Waals surface area contributed by atoms with E-state index in [1.54, 1.807) is 25.2 Å². The van der Waals surface area contributed by atoms with Gasteiger partial charge in [0.05, 0.1) is 13.2 Å². The number of unbranched alkanes of at least 4 members (excludes halogenated alkanes) is 1. The molecular weight excluding hydrogens is 440 g/mol. The Hall–Kier alpha value is -2.33. The van der Waals surface area contributed by atoms with Gasteiger partial charge in [0.25, 0.3) is 10.0 Å². The maximum atomic E-state index is 12.9. The van der Waals surface area contributed by atoms with Gasteiger partial charge in [0.2, 0.25) is 5.91 Å². The van der Waals surface area contributed by atoms with E-state index in [0.717, 1.165) is 22.6 Å². The topological polar surface area (TPSA) is 106 Å². The first-order valence-corrected chi connectivity index (χ1v) is 12.5. The minimum atomic E-state index is -4.15. The maximum Gasteiger partial charge on any atom is 0.421 e. The third kappa shape index (κ3) is 7.10. The highest BCUT2D eigenvalue weighted by Gasteiger charge is 2.28. The highest BCUT2D eigenvalue weighted by atomic mass is 32.2. The number of carbonyl (C=O) groups is 2. The van der Waals surface area contributed by atoms with Crippen LogP contribution < -0.4 is 4.72 Å². The molecule has 0 fully saturated rings. The zero-order valence-electron chi connectivity index (χ0n) is 18.6. The van der Waals surface area contributed by atoms with Crippen LogP contribution in [0.2, 0.25) is 0 Å². The van der Waals surface area contributed by atoms with Crippen molar-refractivity contribution in [2.75, 3.05) is 13.7 Å². The molecule has 2 aromatic heterocycles. The van der Waals surface area contributed by atoms with E-state index >= 15 is 0 Å². The van der Waals surface area contributed by atoms with E-state index < -0.39 is 16.1 Å². The Bertz CT molecular complexity index is 1010. The van der Waals surface area contributed by atoms with Crippen LogP contribution in [0.25, 0.3) is 11.3 Å². The van der Waals surface area contributed by atoms with Gasteiger partial charge in [0.15, 0.2) is 4.21 Å². The summed E-state index contributed by atoms with van der Waals surface area (Å²) in [6, 6.07) is 5.15. The lowest BCUT2D eigenvalue weighted by Crippen LogP contribution is -2.31. The van der Waals surface area contributed by atoms with Crippen molar-refractivity contribution in [3.8, 4) is 11.3 Å². The molecule has 10 heteroatoms. The molecule has 0 aliphatic carbocycles. The second-order valence-corrected chi connectivity index (χ2v) is 10.8. The molecule has 0 aliphatic rings. The minimum Gasteiger partial charge on any atom is -0.459 e. The van der Waals surface area contributed by atoms with E-state index in [2.05, 4.69) is 0 Å². The molecule has 1 N–H and O–H groups in total. The summed E-state index contributed by atoms with van der Waals surface area (Å²) in [5.74, 6) is 1.10. The van der Waals surface area contributed by atoms with Crippen molar-refractivity contribution in [2.24, 2.45) is 5.92 Å². The molecule has 31 heavy (non-hydrogen) atoms. The molecule has 2 rings (SSSR count). The Balaban J connectivity index is 2.35. The van der Waals surface area contributed by atoms with Gasteiger partial charge in [-0.2, -0.15) is 0 Å². The average Bonchev–Trinajstić information content (AvgIpc) is 3.28. The molecule has 0 bridgehead atoms. The highest BCUT2D eigenvalue weighted by molar-refractivity contribution is 7.92. The summed E-state index contributed by atoms with van der Waals surface area (Å²) in [5, 5.41) is 0. The number of thiophene rings is 1. The van der Waals surface area contributed by atoms with Crippen molar-refractivity contribution in [1.29, 1.82) is 0 Å². The lowest BCUT2D eigenvalue weighted by atomic mass is 10.1. The van der Waals surface area contributed by atoms with Gasteiger partial charge in [0, 0.05) is 24.4 Å². The first kappa shape index (κ1) is 24.9. The first-order chi connectivity index (χ1) is 14.5. The van der Waals surface area contributed by atoms with Gasteiger partial charge in [-0.15, -0.1) is 11.3 Å². The van der Waals surface area contributed by atoms with Crippen LogP contribution in [0, 0.1) is 5.92 Å². The number of hydrogen-bond acceptors (Lipinski definition) is 7. The molecule has 0 saturated heterocycles. The van der Waals surface area contributed by atoms with Crippen molar-refractivity contribution in [3.63, 3.8) is 0 Å². The second kappa shape index (κ2) is 10.8. The lowest BCUT2D eigenvalue weighted by molar-refractivity contribution is -0.128. The monoisotopic (exact) mass is 470 g/mol. The van der Waals surface area contributed by atoms with E-state index in [1.807, 2.05) is 25.5 Å². The summed E-state index contributed by atoms with van der Waals surface area (Å²) in [6.07, 6.45) is 1.17. The number of nitrogens with zero attached hydrogens (tertiary/aromatic N) is 1. The van der Waals surface area contributed by atoms with Crippen molar-refractivity contribution in [2.45, 2.75) is 57.7 Å². The van der Waals surface area contributed by atoms with E-state index in [1.165, 1.54) is 11.8 Å². The highest BCUT2D eigenvalue weighted by Crippen LogP contribution is 2.37. The fraction of sp³-hybridized carbons (Fsp3) is 0.524. The van der Waals surface area contributed by atoms with E-state index in [-0.39, 0.29) is 23.3 Å². The molecule has 0 unspecified atom stereocenters. The Kier molecular flexibility index (Phi) is 8.69.